The van der Waals surface area contributed by atoms with E-state index in [9.17, 15) is 61.0 Å². The third kappa shape index (κ3) is 50.8. The molecule has 3 aliphatic heterocycles. The molecular weight excluding hydrogens is 1440 g/mol. The van der Waals surface area contributed by atoms with Gasteiger partial charge in [0.25, 0.3) is 0 Å². The summed E-state index contributed by atoms with van der Waals surface area (Å²) in [4.78, 5) is 13.5. The number of ether oxygens (including phenoxy) is 6. The second-order valence-electron chi connectivity index (χ2n) is 31.7. The third-order valence-electron chi connectivity index (χ3n) is 21.7. The van der Waals surface area contributed by atoms with Crippen LogP contribution in [-0.4, -0.2) is 193 Å². The van der Waals surface area contributed by atoms with E-state index in [0.717, 1.165) is 109 Å². The molecule has 17 atom stereocenters. The first-order chi connectivity index (χ1) is 55.8. The van der Waals surface area contributed by atoms with Crippen LogP contribution in [0.1, 0.15) is 328 Å². The number of carbonyl (C=O) groups excluding carboxylic acids is 1. The molecule has 0 bridgehead atoms. The van der Waals surface area contributed by atoms with Gasteiger partial charge < -0.3 is 89.9 Å². The molecule has 3 heterocycles. The molecule has 0 aromatic carbocycles. The summed E-state index contributed by atoms with van der Waals surface area (Å²) in [7, 11) is 0. The van der Waals surface area contributed by atoms with Gasteiger partial charge in [-0.15, -0.1) is 0 Å². The van der Waals surface area contributed by atoms with E-state index >= 15 is 0 Å². The standard InChI is InChI=1S/C95H163NO18/c1-3-5-7-9-11-13-15-17-19-21-23-25-27-29-31-33-35-37-38-39-40-41-43-45-47-49-51-53-55-57-59-61-63-65-67-69-71-73-83(101)96-78(79(100)72-70-68-66-64-62-60-58-56-54-52-50-48-46-44-42-36-34-32-30-28-26-24-22-20-18-16-14-12-10-8-6-4-2)77-109-93-89(107)86(104)91(81(75-98)111-93)114-95-90(108)87(105)92(82(76-99)112-95)113-94-88(106)85(103)84(102)80(74-97)110-94/h5,7,11,13,17,19,23,25,29,31,35,37,39-40,43,45,49,51,62,64,70,72,78-82,84-95,97-100,102-108H,3-4,6,8-10,12,14-16,18,20-22,24,26-28,30,32-34,36,38,41-42,44,46-48,50,52-61,63,65-69,71,73-77H2,1-2H3,(H,96,101)/b7-5-,13-11-,19-17-,25-23-,31-29-,37-35-,40-39-,45-43-,51-49-,64-62+,72-70+. The van der Waals surface area contributed by atoms with Gasteiger partial charge in [0, 0.05) is 6.42 Å². The predicted molar refractivity (Wildman–Crippen MR) is 461 cm³/mol. The number of nitrogens with one attached hydrogen (secondary N) is 1. The molecule has 3 fully saturated rings. The van der Waals surface area contributed by atoms with Crippen LogP contribution in [0.4, 0.5) is 0 Å². The zero-order chi connectivity index (χ0) is 82.4. The minimum absolute atomic E-state index is 0.220. The Labute approximate surface area is 690 Å². The molecule has 0 spiro atoms. The molecule has 3 saturated heterocycles. The van der Waals surface area contributed by atoms with Crippen molar-refractivity contribution in [1.29, 1.82) is 0 Å². The van der Waals surface area contributed by atoms with Gasteiger partial charge in [-0.2, -0.15) is 0 Å². The van der Waals surface area contributed by atoms with E-state index < -0.39 is 124 Å². The molecule has 12 N–H and O–H groups in total. The van der Waals surface area contributed by atoms with Crippen LogP contribution >= 0.6 is 0 Å². The van der Waals surface area contributed by atoms with E-state index in [4.69, 9.17) is 28.4 Å². The molecule has 17 unspecified atom stereocenters. The van der Waals surface area contributed by atoms with E-state index in [2.05, 4.69) is 141 Å². The number of hydrogen-bond acceptors (Lipinski definition) is 18. The van der Waals surface area contributed by atoms with E-state index in [-0.39, 0.29) is 18.9 Å². The smallest absolute Gasteiger partial charge is 0.220 e. The lowest BCUT2D eigenvalue weighted by Gasteiger charge is -2.48. The van der Waals surface area contributed by atoms with E-state index in [1.165, 1.54) is 186 Å². The van der Waals surface area contributed by atoms with Gasteiger partial charge in [-0.05, 0) is 103 Å². The summed E-state index contributed by atoms with van der Waals surface area (Å²) in [6.07, 6.45) is 78.8. The molecule has 3 rings (SSSR count). The second kappa shape index (κ2) is 72.9. The number of aliphatic hydroxyl groups excluding tert-OH is 11. The number of amides is 1. The molecule has 0 aromatic rings. The minimum atomic E-state index is -1.99. The molecule has 114 heavy (non-hydrogen) atoms. The second-order valence-corrected chi connectivity index (χ2v) is 31.7. The van der Waals surface area contributed by atoms with Gasteiger partial charge in [-0.25, -0.2) is 0 Å². The summed E-state index contributed by atoms with van der Waals surface area (Å²) in [6, 6.07) is -1.01. The normalized spacial score (nSPS) is 25.4. The van der Waals surface area contributed by atoms with Crippen LogP contribution in [-0.2, 0) is 33.2 Å². The average molecular weight is 1610 g/mol. The Kier molecular flexibility index (Phi) is 66.6. The lowest BCUT2D eigenvalue weighted by molar-refractivity contribution is -0.379. The van der Waals surface area contributed by atoms with Crippen LogP contribution in [0.3, 0.4) is 0 Å². The van der Waals surface area contributed by atoms with Crippen molar-refractivity contribution in [2.45, 2.75) is 433 Å². The van der Waals surface area contributed by atoms with Crippen molar-refractivity contribution in [2.75, 3.05) is 26.4 Å². The monoisotopic (exact) mass is 1610 g/mol. The SMILES string of the molecule is CC/C=C\C/C=C\C/C=C\C/C=C\C/C=C\C/C=C\C/C=C\C/C=C\C/C=C\CCCCCCCCCCCC(=O)NC(COC1OC(CO)C(OC2OC(CO)C(OC3OC(CO)C(O)C(O)C3O)C(O)C2O)C(O)C1O)C(O)/C=C/CC/C=C/CCCCCCCCCCCCCCCCCCCCCCCCCCCC. The first kappa shape index (κ1) is 104. The lowest BCUT2D eigenvalue weighted by Crippen LogP contribution is -2.66. The molecule has 1 amide bonds. The van der Waals surface area contributed by atoms with Gasteiger partial charge >= 0.3 is 0 Å². The highest BCUT2D eigenvalue weighted by molar-refractivity contribution is 5.76. The highest BCUT2D eigenvalue weighted by atomic mass is 16.8. The maximum absolute atomic E-state index is 13.5. The van der Waals surface area contributed by atoms with E-state index in [1.54, 1.807) is 6.08 Å². The molecule has 19 nitrogen and oxygen atoms in total. The first-order valence-corrected chi connectivity index (χ1v) is 45.4. The van der Waals surface area contributed by atoms with Gasteiger partial charge in [0.15, 0.2) is 18.9 Å². The number of rotatable bonds is 72. The van der Waals surface area contributed by atoms with Gasteiger partial charge in [0.1, 0.15) is 73.2 Å². The topological polar surface area (TPSA) is 307 Å². The summed E-state index contributed by atoms with van der Waals surface area (Å²) in [5.74, 6) is -0.294. The van der Waals surface area contributed by atoms with Crippen LogP contribution < -0.4 is 5.32 Å². The summed E-state index contributed by atoms with van der Waals surface area (Å²) < 4.78 is 34.5. The summed E-state index contributed by atoms with van der Waals surface area (Å²) >= 11 is 0. The molecule has 0 radical (unpaired) electrons. The summed E-state index contributed by atoms with van der Waals surface area (Å²) in [5.41, 5.74) is 0. The molecule has 0 aromatic heterocycles. The molecule has 19 heteroatoms. The fourth-order valence-electron chi connectivity index (χ4n) is 14.5. The number of allylic oxidation sites excluding steroid dienone is 21. The molecule has 656 valence electrons. The van der Waals surface area contributed by atoms with E-state index in [0.29, 0.717) is 12.8 Å². The number of aliphatic hydroxyl groups is 11. The fourth-order valence-corrected chi connectivity index (χ4v) is 14.5. The zero-order valence-corrected chi connectivity index (χ0v) is 70.8. The van der Waals surface area contributed by atoms with Crippen molar-refractivity contribution in [3.63, 3.8) is 0 Å². The van der Waals surface area contributed by atoms with Gasteiger partial charge in [0.2, 0.25) is 5.91 Å². The van der Waals surface area contributed by atoms with Gasteiger partial charge in [0.05, 0.1) is 38.6 Å². The van der Waals surface area contributed by atoms with Crippen LogP contribution in [0.15, 0.2) is 134 Å². The number of unbranched alkanes of at least 4 members (excludes halogenated alkanes) is 36. The van der Waals surface area contributed by atoms with Crippen molar-refractivity contribution in [1.82, 2.24) is 5.32 Å². The largest absolute Gasteiger partial charge is 0.394 e. The predicted octanol–water partition coefficient (Wildman–Crippen LogP) is 17.6. The Morgan fingerprint density at radius 3 is 0.982 bits per heavy atom. The summed E-state index contributed by atoms with van der Waals surface area (Å²) in [5, 5.41) is 121. The van der Waals surface area contributed by atoms with Gasteiger partial charge in [-0.3, -0.25) is 4.79 Å². The van der Waals surface area contributed by atoms with Gasteiger partial charge in [-0.1, -0.05) is 353 Å². The Morgan fingerprint density at radius 1 is 0.325 bits per heavy atom. The zero-order valence-electron chi connectivity index (χ0n) is 70.8. The van der Waals surface area contributed by atoms with Crippen LogP contribution in [0.2, 0.25) is 0 Å². The van der Waals surface area contributed by atoms with E-state index in [1.807, 2.05) is 6.08 Å². The Hall–Kier alpha value is -4.07. The van der Waals surface area contributed by atoms with Crippen LogP contribution in [0, 0.1) is 0 Å². The van der Waals surface area contributed by atoms with Crippen molar-refractivity contribution in [3.05, 3.63) is 134 Å². The lowest BCUT2D eigenvalue weighted by atomic mass is 9.96. The maximum Gasteiger partial charge on any atom is 0.220 e. The highest BCUT2D eigenvalue weighted by Gasteiger charge is 2.54. The Bertz CT molecular complexity index is 2580. The summed E-state index contributed by atoms with van der Waals surface area (Å²) in [6.45, 7) is 1.63. The number of hydrogen-bond donors (Lipinski definition) is 12. The molecule has 0 aliphatic carbocycles. The first-order valence-electron chi connectivity index (χ1n) is 45.4. The Morgan fingerprint density at radius 2 is 0.614 bits per heavy atom. The van der Waals surface area contributed by atoms with Crippen molar-refractivity contribution >= 4 is 5.91 Å². The van der Waals surface area contributed by atoms with Crippen LogP contribution in [0.25, 0.3) is 0 Å². The average Bonchev–Trinajstić information content (AvgIpc) is 0.777. The number of carbonyl (C=O) groups is 1. The molecule has 3 aliphatic rings. The van der Waals surface area contributed by atoms with Crippen molar-refractivity contribution < 1.29 is 89.4 Å². The molecular formula is C95H163NO18. The van der Waals surface area contributed by atoms with Crippen LogP contribution in [0.5, 0.6) is 0 Å². The minimum Gasteiger partial charge on any atom is -0.394 e. The van der Waals surface area contributed by atoms with Crippen molar-refractivity contribution in [3.8, 4) is 0 Å². The molecule has 0 saturated carbocycles. The third-order valence-corrected chi connectivity index (χ3v) is 21.7. The fraction of sp³-hybridized carbons (Fsp3) is 0.758. The van der Waals surface area contributed by atoms with Crippen molar-refractivity contribution in [2.24, 2.45) is 0 Å². The Balaban J connectivity index is 1.35. The highest BCUT2D eigenvalue weighted by Crippen LogP contribution is 2.33. The quantitative estimate of drug-likeness (QED) is 0.0199. The maximum atomic E-state index is 13.5.